The summed E-state index contributed by atoms with van der Waals surface area (Å²) in [6.45, 7) is 2.54. The largest absolute Gasteiger partial charge is 0.326 e. The first kappa shape index (κ1) is 14.1. The first-order valence-corrected chi connectivity index (χ1v) is 7.26. The number of rotatable bonds is 4. The van der Waals surface area contributed by atoms with Crippen LogP contribution in [0.15, 0.2) is 30.6 Å². The Hall–Kier alpha value is -1.88. The Morgan fingerprint density at radius 2 is 2.19 bits per heavy atom. The van der Waals surface area contributed by atoms with Crippen LogP contribution in [0.3, 0.4) is 0 Å². The molecular formula is C15H16ClFN4. The van der Waals surface area contributed by atoms with E-state index in [0.29, 0.717) is 17.9 Å². The number of aryl methyl sites for hydroxylation is 3. The molecule has 2 aromatic heterocycles. The zero-order valence-electron chi connectivity index (χ0n) is 11.9. The van der Waals surface area contributed by atoms with Gasteiger partial charge < -0.3 is 4.57 Å². The monoisotopic (exact) mass is 306 g/mol. The highest BCUT2D eigenvalue weighted by molar-refractivity contribution is 6.20. The van der Waals surface area contributed by atoms with Gasteiger partial charge in [0.25, 0.3) is 0 Å². The van der Waals surface area contributed by atoms with E-state index in [1.807, 2.05) is 37.0 Å². The van der Waals surface area contributed by atoms with E-state index in [0.717, 1.165) is 17.5 Å². The molecule has 21 heavy (non-hydrogen) atoms. The third kappa shape index (κ3) is 2.65. The van der Waals surface area contributed by atoms with Crippen LogP contribution in [-0.2, 0) is 20.0 Å². The van der Waals surface area contributed by atoms with Crippen molar-refractivity contribution in [2.24, 2.45) is 7.05 Å². The molecule has 3 rings (SSSR count). The van der Waals surface area contributed by atoms with Crippen molar-refractivity contribution in [1.29, 1.82) is 0 Å². The van der Waals surface area contributed by atoms with Gasteiger partial charge in [-0.15, -0.1) is 11.6 Å². The van der Waals surface area contributed by atoms with Crippen molar-refractivity contribution in [2.45, 2.75) is 25.3 Å². The standard InChI is InChI=1S/C15H16ClFN4/c1-10(16)15-19-14-12(17)4-3-5-13(14)21(15)7-6-11-8-18-20(2)9-11/h3-5,8-10H,6-7H2,1-2H3. The minimum absolute atomic E-state index is 0.273. The molecule has 0 N–H and O–H groups in total. The lowest BCUT2D eigenvalue weighted by Gasteiger charge is -2.09. The van der Waals surface area contributed by atoms with Crippen LogP contribution in [0.4, 0.5) is 4.39 Å². The number of halogens is 2. The smallest absolute Gasteiger partial charge is 0.151 e. The number of imidazole rings is 1. The van der Waals surface area contributed by atoms with Crippen LogP contribution in [0.1, 0.15) is 23.7 Å². The van der Waals surface area contributed by atoms with Gasteiger partial charge in [-0.2, -0.15) is 5.10 Å². The van der Waals surface area contributed by atoms with E-state index in [-0.39, 0.29) is 11.2 Å². The Balaban J connectivity index is 1.99. The molecule has 0 aliphatic heterocycles. The highest BCUT2D eigenvalue weighted by atomic mass is 35.5. The van der Waals surface area contributed by atoms with E-state index in [9.17, 15) is 4.39 Å². The second-order valence-corrected chi connectivity index (χ2v) is 5.77. The van der Waals surface area contributed by atoms with Crippen LogP contribution in [0.25, 0.3) is 11.0 Å². The number of fused-ring (bicyclic) bond motifs is 1. The predicted octanol–water partition coefficient (Wildman–Crippen LogP) is 3.45. The summed E-state index contributed by atoms with van der Waals surface area (Å²) in [5.41, 5.74) is 2.29. The zero-order chi connectivity index (χ0) is 15.0. The molecule has 4 nitrogen and oxygen atoms in total. The SMILES string of the molecule is CC(Cl)c1nc2c(F)cccc2n1CCc1cnn(C)c1. The highest BCUT2D eigenvalue weighted by Gasteiger charge is 2.17. The normalized spacial score (nSPS) is 13.0. The number of alkyl halides is 1. The number of hydrogen-bond donors (Lipinski definition) is 0. The lowest BCUT2D eigenvalue weighted by molar-refractivity contribution is 0.637. The van der Waals surface area contributed by atoms with E-state index in [1.54, 1.807) is 10.7 Å². The summed E-state index contributed by atoms with van der Waals surface area (Å²) in [6, 6.07) is 4.99. The molecule has 0 aliphatic carbocycles. The Bertz CT molecular complexity index is 775. The maximum Gasteiger partial charge on any atom is 0.151 e. The quantitative estimate of drug-likeness (QED) is 0.692. The first-order valence-electron chi connectivity index (χ1n) is 6.82. The summed E-state index contributed by atoms with van der Waals surface area (Å²) in [4.78, 5) is 4.36. The maximum absolute atomic E-state index is 13.9. The molecule has 1 atom stereocenters. The summed E-state index contributed by atoms with van der Waals surface area (Å²) >= 11 is 6.20. The molecule has 0 bridgehead atoms. The van der Waals surface area contributed by atoms with E-state index in [1.165, 1.54) is 6.07 Å². The number of nitrogens with zero attached hydrogens (tertiary/aromatic N) is 4. The van der Waals surface area contributed by atoms with Crippen LogP contribution in [0, 0.1) is 5.82 Å². The van der Waals surface area contributed by atoms with Gasteiger partial charge in [0, 0.05) is 19.8 Å². The van der Waals surface area contributed by atoms with Crippen molar-refractivity contribution >= 4 is 22.6 Å². The van der Waals surface area contributed by atoms with Crippen LogP contribution >= 0.6 is 11.6 Å². The topological polar surface area (TPSA) is 35.6 Å². The minimum Gasteiger partial charge on any atom is -0.326 e. The van der Waals surface area contributed by atoms with Gasteiger partial charge in [-0.05, 0) is 31.0 Å². The molecule has 110 valence electrons. The second kappa shape index (κ2) is 5.48. The van der Waals surface area contributed by atoms with E-state index < -0.39 is 0 Å². The van der Waals surface area contributed by atoms with Crippen molar-refractivity contribution in [3.63, 3.8) is 0 Å². The van der Waals surface area contributed by atoms with Crippen LogP contribution in [-0.4, -0.2) is 19.3 Å². The van der Waals surface area contributed by atoms with E-state index >= 15 is 0 Å². The van der Waals surface area contributed by atoms with Crippen LogP contribution < -0.4 is 0 Å². The molecule has 3 aromatic rings. The summed E-state index contributed by atoms with van der Waals surface area (Å²) < 4.78 is 17.6. The maximum atomic E-state index is 13.9. The van der Waals surface area contributed by atoms with Crippen molar-refractivity contribution in [1.82, 2.24) is 19.3 Å². The molecule has 0 saturated heterocycles. The summed E-state index contributed by atoms with van der Waals surface area (Å²) in [5, 5.41) is 3.88. The minimum atomic E-state index is -0.314. The number of hydrogen-bond acceptors (Lipinski definition) is 2. The molecule has 0 spiro atoms. The van der Waals surface area contributed by atoms with Crippen LogP contribution in [0.5, 0.6) is 0 Å². The fourth-order valence-corrected chi connectivity index (χ4v) is 2.68. The number of benzene rings is 1. The van der Waals surface area contributed by atoms with E-state index in [4.69, 9.17) is 11.6 Å². The highest BCUT2D eigenvalue weighted by Crippen LogP contribution is 2.26. The average Bonchev–Trinajstić information content (AvgIpc) is 3.01. The van der Waals surface area contributed by atoms with Gasteiger partial charge >= 0.3 is 0 Å². The van der Waals surface area contributed by atoms with Gasteiger partial charge in [-0.25, -0.2) is 9.37 Å². The molecule has 6 heteroatoms. The van der Waals surface area contributed by atoms with Gasteiger partial charge in [-0.1, -0.05) is 6.07 Å². The molecule has 0 fully saturated rings. The summed E-state index contributed by atoms with van der Waals surface area (Å²) in [7, 11) is 1.89. The Morgan fingerprint density at radius 1 is 1.38 bits per heavy atom. The fourth-order valence-electron chi connectivity index (χ4n) is 2.51. The molecule has 0 aliphatic rings. The van der Waals surface area contributed by atoms with Crippen LogP contribution in [0.2, 0.25) is 0 Å². The molecule has 1 unspecified atom stereocenters. The Labute approximate surface area is 127 Å². The average molecular weight is 307 g/mol. The summed E-state index contributed by atoms with van der Waals surface area (Å²) in [6.07, 6.45) is 4.61. The van der Waals surface area contributed by atoms with E-state index in [2.05, 4.69) is 10.1 Å². The summed E-state index contributed by atoms with van der Waals surface area (Å²) in [5.74, 6) is 0.381. The molecule has 0 radical (unpaired) electrons. The van der Waals surface area contributed by atoms with Crippen molar-refractivity contribution in [3.8, 4) is 0 Å². The molecule has 0 amide bonds. The molecule has 0 saturated carbocycles. The number of para-hydroxylation sites is 1. The zero-order valence-corrected chi connectivity index (χ0v) is 12.7. The molecular weight excluding hydrogens is 291 g/mol. The molecule has 2 heterocycles. The van der Waals surface area contributed by atoms with Gasteiger partial charge in [0.15, 0.2) is 5.82 Å². The lowest BCUT2D eigenvalue weighted by atomic mass is 10.2. The van der Waals surface area contributed by atoms with Crippen molar-refractivity contribution < 1.29 is 4.39 Å². The third-order valence-corrected chi connectivity index (χ3v) is 3.69. The van der Waals surface area contributed by atoms with Gasteiger partial charge in [0.2, 0.25) is 0 Å². The van der Waals surface area contributed by atoms with Gasteiger partial charge in [0.1, 0.15) is 11.3 Å². The Kier molecular flexibility index (Phi) is 3.68. The van der Waals surface area contributed by atoms with Crippen molar-refractivity contribution in [2.75, 3.05) is 0 Å². The first-order chi connectivity index (χ1) is 10.1. The van der Waals surface area contributed by atoms with Gasteiger partial charge in [0.05, 0.1) is 17.1 Å². The predicted molar refractivity (Wildman–Crippen MR) is 80.9 cm³/mol. The third-order valence-electron chi connectivity index (χ3n) is 3.50. The lowest BCUT2D eigenvalue weighted by Crippen LogP contribution is -2.06. The Morgan fingerprint density at radius 3 is 2.86 bits per heavy atom. The van der Waals surface area contributed by atoms with Crippen molar-refractivity contribution in [3.05, 3.63) is 47.8 Å². The molecule has 1 aromatic carbocycles. The number of aromatic nitrogens is 4. The second-order valence-electron chi connectivity index (χ2n) is 5.12. The van der Waals surface area contributed by atoms with Gasteiger partial charge in [-0.3, -0.25) is 4.68 Å². The fraction of sp³-hybridized carbons (Fsp3) is 0.333.